The fraction of sp³-hybridized carbons (Fsp3) is 0.929. The van der Waals surface area contributed by atoms with Gasteiger partial charge in [-0.15, -0.1) is 0 Å². The highest BCUT2D eigenvalue weighted by Gasteiger charge is 1.96. The van der Waals surface area contributed by atoms with Crippen LogP contribution in [0.3, 0.4) is 0 Å². The zero-order valence-electron chi connectivity index (χ0n) is 10.7. The highest BCUT2D eigenvalue weighted by Crippen LogP contribution is 2.12. The predicted molar refractivity (Wildman–Crippen MR) is 69.8 cm³/mol. The molecular formula is C14H29N. The fourth-order valence-electron chi connectivity index (χ4n) is 1.86. The van der Waals surface area contributed by atoms with E-state index in [9.17, 15) is 0 Å². The summed E-state index contributed by atoms with van der Waals surface area (Å²) in [5.74, 6) is 0.495. The van der Waals surface area contributed by atoms with Crippen molar-refractivity contribution in [1.29, 1.82) is 5.41 Å². The Balaban J connectivity index is 2.95. The van der Waals surface area contributed by atoms with Gasteiger partial charge in [-0.2, -0.15) is 0 Å². The SMILES string of the molecule is CCCCCCCCCCCC(C)C=N. The van der Waals surface area contributed by atoms with E-state index in [0.29, 0.717) is 5.92 Å². The van der Waals surface area contributed by atoms with Crippen LogP contribution in [0.2, 0.25) is 0 Å². The molecule has 0 rings (SSSR count). The standard InChI is InChI=1S/C14H29N/c1-3-4-5-6-7-8-9-10-11-12-14(2)13-15/h13-15H,3-12H2,1-2H3. The van der Waals surface area contributed by atoms with E-state index < -0.39 is 0 Å². The quantitative estimate of drug-likeness (QED) is 0.359. The van der Waals surface area contributed by atoms with Crippen molar-refractivity contribution in [3.05, 3.63) is 0 Å². The lowest BCUT2D eigenvalue weighted by molar-refractivity contribution is 0.540. The molecule has 0 aromatic carbocycles. The van der Waals surface area contributed by atoms with Gasteiger partial charge in [0.2, 0.25) is 0 Å². The van der Waals surface area contributed by atoms with Crippen LogP contribution in [-0.4, -0.2) is 6.21 Å². The van der Waals surface area contributed by atoms with E-state index in [1.807, 2.05) is 0 Å². The predicted octanol–water partition coefficient (Wildman–Crippen LogP) is 5.19. The van der Waals surface area contributed by atoms with Crippen molar-refractivity contribution < 1.29 is 0 Å². The van der Waals surface area contributed by atoms with Gasteiger partial charge in [-0.25, -0.2) is 0 Å². The second-order valence-electron chi connectivity index (χ2n) is 4.76. The van der Waals surface area contributed by atoms with Crippen LogP contribution in [0.5, 0.6) is 0 Å². The van der Waals surface area contributed by atoms with Gasteiger partial charge >= 0.3 is 0 Å². The van der Waals surface area contributed by atoms with Crippen molar-refractivity contribution in [3.8, 4) is 0 Å². The number of hydrogen-bond donors (Lipinski definition) is 1. The molecule has 1 nitrogen and oxygen atoms in total. The Kier molecular flexibility index (Phi) is 11.5. The first-order valence-electron chi connectivity index (χ1n) is 6.81. The van der Waals surface area contributed by atoms with Crippen LogP contribution in [0.1, 0.15) is 78.1 Å². The molecule has 0 aliphatic rings. The minimum atomic E-state index is 0.495. The van der Waals surface area contributed by atoms with E-state index in [1.165, 1.54) is 64.2 Å². The van der Waals surface area contributed by atoms with Crippen LogP contribution in [0.4, 0.5) is 0 Å². The third-order valence-corrected chi connectivity index (χ3v) is 3.05. The second-order valence-corrected chi connectivity index (χ2v) is 4.76. The van der Waals surface area contributed by atoms with Crippen molar-refractivity contribution in [2.75, 3.05) is 0 Å². The second kappa shape index (κ2) is 11.7. The Hall–Kier alpha value is -0.330. The van der Waals surface area contributed by atoms with Gasteiger partial charge in [0.1, 0.15) is 0 Å². The van der Waals surface area contributed by atoms with E-state index >= 15 is 0 Å². The van der Waals surface area contributed by atoms with E-state index in [2.05, 4.69) is 13.8 Å². The molecule has 15 heavy (non-hydrogen) atoms. The number of hydrogen-bond acceptors (Lipinski definition) is 1. The van der Waals surface area contributed by atoms with Crippen LogP contribution in [0.25, 0.3) is 0 Å². The van der Waals surface area contributed by atoms with E-state index in [4.69, 9.17) is 5.41 Å². The molecule has 0 spiro atoms. The van der Waals surface area contributed by atoms with Gasteiger partial charge in [-0.05, 0) is 18.6 Å². The van der Waals surface area contributed by atoms with Gasteiger partial charge in [-0.3, -0.25) is 0 Å². The normalized spacial score (nSPS) is 12.7. The van der Waals surface area contributed by atoms with Gasteiger partial charge in [0.05, 0.1) is 0 Å². The molecule has 0 amide bonds. The maximum absolute atomic E-state index is 7.09. The topological polar surface area (TPSA) is 23.9 Å². The molecule has 1 N–H and O–H groups in total. The smallest absolute Gasteiger partial charge is 0.00195 e. The van der Waals surface area contributed by atoms with Gasteiger partial charge < -0.3 is 5.41 Å². The van der Waals surface area contributed by atoms with Crippen molar-refractivity contribution in [2.45, 2.75) is 78.1 Å². The maximum Gasteiger partial charge on any atom is -0.00195 e. The molecule has 0 radical (unpaired) electrons. The zero-order chi connectivity index (χ0) is 11.4. The molecule has 0 aromatic heterocycles. The lowest BCUT2D eigenvalue weighted by Gasteiger charge is -2.04. The summed E-state index contributed by atoms with van der Waals surface area (Å²) in [6.07, 6.45) is 15.3. The largest absolute Gasteiger partial charge is 0.313 e. The summed E-state index contributed by atoms with van der Waals surface area (Å²) in [7, 11) is 0. The average Bonchev–Trinajstić information content (AvgIpc) is 2.26. The molecule has 1 heteroatoms. The first kappa shape index (κ1) is 14.7. The molecule has 0 bridgehead atoms. The summed E-state index contributed by atoms with van der Waals surface area (Å²) in [6.45, 7) is 4.40. The fourth-order valence-corrected chi connectivity index (χ4v) is 1.86. The van der Waals surface area contributed by atoms with Crippen molar-refractivity contribution >= 4 is 6.21 Å². The molecule has 0 aliphatic heterocycles. The summed E-state index contributed by atoms with van der Waals surface area (Å²) in [6, 6.07) is 0. The summed E-state index contributed by atoms with van der Waals surface area (Å²) in [5.41, 5.74) is 0. The first-order valence-corrected chi connectivity index (χ1v) is 6.81. The van der Waals surface area contributed by atoms with Crippen molar-refractivity contribution in [3.63, 3.8) is 0 Å². The Labute approximate surface area is 96.2 Å². The molecule has 0 saturated carbocycles. The lowest BCUT2D eigenvalue weighted by Crippen LogP contribution is -1.94. The first-order chi connectivity index (χ1) is 7.31. The van der Waals surface area contributed by atoms with Crippen LogP contribution >= 0.6 is 0 Å². The summed E-state index contributed by atoms with van der Waals surface area (Å²) < 4.78 is 0. The molecule has 0 aromatic rings. The molecule has 0 fully saturated rings. The van der Waals surface area contributed by atoms with Crippen LogP contribution in [0.15, 0.2) is 0 Å². The van der Waals surface area contributed by atoms with E-state index in [0.717, 1.165) is 0 Å². The highest BCUT2D eigenvalue weighted by atomic mass is 14.3. The molecule has 1 unspecified atom stereocenters. The van der Waals surface area contributed by atoms with E-state index in [-0.39, 0.29) is 0 Å². The van der Waals surface area contributed by atoms with Gasteiger partial charge in [0.25, 0.3) is 0 Å². The molecule has 0 heterocycles. The van der Waals surface area contributed by atoms with Crippen molar-refractivity contribution in [1.82, 2.24) is 0 Å². The molecule has 0 aliphatic carbocycles. The Morgan fingerprint density at radius 1 is 0.867 bits per heavy atom. The van der Waals surface area contributed by atoms with E-state index in [1.54, 1.807) is 6.21 Å². The Morgan fingerprint density at radius 2 is 1.33 bits per heavy atom. The van der Waals surface area contributed by atoms with Gasteiger partial charge in [0.15, 0.2) is 0 Å². The maximum atomic E-state index is 7.09. The average molecular weight is 211 g/mol. The zero-order valence-corrected chi connectivity index (χ0v) is 10.7. The highest BCUT2D eigenvalue weighted by molar-refractivity contribution is 5.55. The number of nitrogens with one attached hydrogen (secondary N) is 1. The molecule has 90 valence electrons. The third kappa shape index (κ3) is 11.6. The summed E-state index contributed by atoms with van der Waals surface area (Å²) >= 11 is 0. The third-order valence-electron chi connectivity index (χ3n) is 3.05. The van der Waals surface area contributed by atoms with Crippen molar-refractivity contribution in [2.24, 2.45) is 5.92 Å². The lowest BCUT2D eigenvalue weighted by atomic mass is 10.0. The minimum absolute atomic E-state index is 0.495. The number of unbranched alkanes of at least 4 members (excludes halogenated alkanes) is 8. The Bertz CT molecular complexity index is 131. The summed E-state index contributed by atoms with van der Waals surface area (Å²) in [4.78, 5) is 0. The monoisotopic (exact) mass is 211 g/mol. The van der Waals surface area contributed by atoms with Crippen LogP contribution in [0, 0.1) is 11.3 Å². The van der Waals surface area contributed by atoms with Gasteiger partial charge in [0, 0.05) is 0 Å². The number of rotatable bonds is 11. The summed E-state index contributed by atoms with van der Waals surface area (Å²) in [5, 5.41) is 7.09. The minimum Gasteiger partial charge on any atom is -0.313 e. The Morgan fingerprint density at radius 3 is 1.80 bits per heavy atom. The van der Waals surface area contributed by atoms with Crippen LogP contribution in [-0.2, 0) is 0 Å². The molecular weight excluding hydrogens is 182 g/mol. The van der Waals surface area contributed by atoms with Crippen LogP contribution < -0.4 is 0 Å². The molecule has 0 saturated heterocycles. The molecule has 1 atom stereocenters. The van der Waals surface area contributed by atoms with Gasteiger partial charge in [-0.1, -0.05) is 71.6 Å².